The summed E-state index contributed by atoms with van der Waals surface area (Å²) in [6.07, 6.45) is 5.09. The number of nitrogens with zero attached hydrogens (tertiary/aromatic N) is 4. The van der Waals surface area contributed by atoms with Gasteiger partial charge in [0.2, 0.25) is 0 Å². The van der Waals surface area contributed by atoms with Gasteiger partial charge in [0.25, 0.3) is 0 Å². The van der Waals surface area contributed by atoms with E-state index in [1.807, 2.05) is 23.6 Å². The Hall–Kier alpha value is -1.71. The molecule has 0 spiro atoms. The number of hydrogen-bond donors (Lipinski definition) is 0. The predicted molar refractivity (Wildman–Crippen MR) is 43.9 cm³/mol. The van der Waals surface area contributed by atoms with Crippen LogP contribution in [0.3, 0.4) is 0 Å². The Labute approximate surface area is 69.9 Å². The zero-order chi connectivity index (χ0) is 8.39. The molecule has 0 saturated heterocycles. The van der Waals surface area contributed by atoms with Crippen LogP contribution >= 0.6 is 0 Å². The van der Waals surface area contributed by atoms with Crippen molar-refractivity contribution in [1.82, 2.24) is 19.7 Å². The summed E-state index contributed by atoms with van der Waals surface area (Å²) in [4.78, 5) is 4.10. The first-order valence-electron chi connectivity index (χ1n) is 3.64. The minimum atomic E-state index is 0.987. The van der Waals surface area contributed by atoms with Crippen LogP contribution in [-0.4, -0.2) is 19.7 Å². The molecule has 4 nitrogen and oxygen atoms in total. The first-order valence-corrected chi connectivity index (χ1v) is 3.64. The Morgan fingerprint density at radius 2 is 2.00 bits per heavy atom. The van der Waals surface area contributed by atoms with E-state index in [1.165, 1.54) is 0 Å². The van der Waals surface area contributed by atoms with Crippen molar-refractivity contribution < 1.29 is 0 Å². The van der Waals surface area contributed by atoms with Crippen LogP contribution in [0.2, 0.25) is 0 Å². The number of rotatable bonds is 1. The Balaban J connectivity index is 2.48. The maximum absolute atomic E-state index is 4.10. The molecule has 2 aromatic heterocycles. The van der Waals surface area contributed by atoms with Gasteiger partial charge in [-0.25, -0.2) is 0 Å². The average Bonchev–Trinajstić information content (AvgIpc) is 2.56. The van der Waals surface area contributed by atoms with Crippen molar-refractivity contribution in [1.29, 1.82) is 0 Å². The summed E-state index contributed by atoms with van der Waals surface area (Å²) in [6, 6.07) is 3.89. The fourth-order valence-electron chi connectivity index (χ4n) is 1.03. The van der Waals surface area contributed by atoms with E-state index in [0.717, 1.165) is 11.4 Å². The molecule has 2 heterocycles. The highest BCUT2D eigenvalue weighted by Crippen LogP contribution is 2.05. The smallest absolute Gasteiger partial charge is 0.123 e. The Morgan fingerprint density at radius 3 is 2.67 bits per heavy atom. The van der Waals surface area contributed by atoms with Crippen molar-refractivity contribution in [2.24, 2.45) is 0 Å². The molecule has 0 aromatic carbocycles. The molecule has 2 rings (SSSR count). The fraction of sp³-hybridized carbons (Fsp3) is 0.125. The first kappa shape index (κ1) is 6.97. The Morgan fingerprint density at radius 1 is 1.25 bits per heavy atom. The molecule has 0 bridgehead atoms. The van der Waals surface area contributed by atoms with Crippen LogP contribution in [0.4, 0.5) is 0 Å². The maximum atomic E-state index is 4.10. The molecule has 0 N–H and O–H groups in total. The molecule has 2 aromatic rings. The number of aromatic nitrogens is 4. The Bertz CT molecular complexity index is 366. The van der Waals surface area contributed by atoms with Gasteiger partial charge in [0.05, 0.1) is 5.69 Å². The standard InChI is InChI=1S/C8H8N4/c1-7-4-8(2-3-9-7)12-5-10-11-6-12/h2-6H,1H3. The van der Waals surface area contributed by atoms with Gasteiger partial charge in [-0.05, 0) is 19.1 Å². The van der Waals surface area contributed by atoms with Gasteiger partial charge in [-0.2, -0.15) is 0 Å². The third-order valence-corrected chi connectivity index (χ3v) is 1.60. The van der Waals surface area contributed by atoms with Crippen LogP contribution in [0.5, 0.6) is 0 Å². The molecule has 0 aliphatic heterocycles. The number of aryl methyl sites for hydroxylation is 1. The monoisotopic (exact) mass is 160 g/mol. The first-order chi connectivity index (χ1) is 5.86. The second-order valence-corrected chi connectivity index (χ2v) is 2.52. The van der Waals surface area contributed by atoms with Crippen LogP contribution in [0.1, 0.15) is 5.69 Å². The summed E-state index contributed by atoms with van der Waals surface area (Å²) in [5.74, 6) is 0. The quantitative estimate of drug-likeness (QED) is 0.624. The lowest BCUT2D eigenvalue weighted by atomic mass is 10.3. The molecule has 60 valence electrons. The molecular weight excluding hydrogens is 152 g/mol. The molecule has 0 fully saturated rings. The molecular formula is C8H8N4. The van der Waals surface area contributed by atoms with Crippen LogP contribution in [0.15, 0.2) is 31.0 Å². The van der Waals surface area contributed by atoms with Gasteiger partial charge in [-0.15, -0.1) is 10.2 Å². The van der Waals surface area contributed by atoms with E-state index >= 15 is 0 Å². The molecule has 0 atom stereocenters. The largest absolute Gasteiger partial charge is 0.288 e. The normalized spacial score (nSPS) is 10.1. The van der Waals surface area contributed by atoms with Gasteiger partial charge in [0, 0.05) is 11.9 Å². The maximum Gasteiger partial charge on any atom is 0.123 e. The zero-order valence-electron chi connectivity index (χ0n) is 6.68. The molecule has 0 radical (unpaired) electrons. The van der Waals surface area contributed by atoms with E-state index in [2.05, 4.69) is 15.2 Å². The average molecular weight is 160 g/mol. The fourth-order valence-corrected chi connectivity index (χ4v) is 1.03. The third kappa shape index (κ3) is 1.18. The molecule has 0 aliphatic carbocycles. The van der Waals surface area contributed by atoms with Crippen LogP contribution in [0, 0.1) is 6.92 Å². The van der Waals surface area contributed by atoms with E-state index in [1.54, 1.807) is 18.9 Å². The molecule has 12 heavy (non-hydrogen) atoms. The number of hydrogen-bond acceptors (Lipinski definition) is 3. The highest BCUT2D eigenvalue weighted by atomic mass is 15.2. The SMILES string of the molecule is Cc1cc(-n2cnnc2)ccn1. The van der Waals surface area contributed by atoms with E-state index in [0.29, 0.717) is 0 Å². The lowest BCUT2D eigenvalue weighted by molar-refractivity contribution is 1.03. The number of pyridine rings is 1. The molecule has 0 aliphatic rings. The van der Waals surface area contributed by atoms with Crippen LogP contribution in [0.25, 0.3) is 5.69 Å². The zero-order valence-corrected chi connectivity index (χ0v) is 6.68. The van der Waals surface area contributed by atoms with Crippen LogP contribution < -0.4 is 0 Å². The summed E-state index contributed by atoms with van der Waals surface area (Å²) >= 11 is 0. The van der Waals surface area contributed by atoms with Gasteiger partial charge in [-0.1, -0.05) is 0 Å². The van der Waals surface area contributed by atoms with Crippen molar-refractivity contribution in [2.45, 2.75) is 6.92 Å². The molecule has 0 amide bonds. The lowest BCUT2D eigenvalue weighted by Crippen LogP contribution is -1.91. The minimum absolute atomic E-state index is 0.987. The van der Waals surface area contributed by atoms with Gasteiger partial charge in [0.1, 0.15) is 12.7 Å². The van der Waals surface area contributed by atoms with Gasteiger partial charge >= 0.3 is 0 Å². The van der Waals surface area contributed by atoms with Gasteiger partial charge in [-0.3, -0.25) is 9.55 Å². The Kier molecular flexibility index (Phi) is 1.59. The van der Waals surface area contributed by atoms with Crippen molar-refractivity contribution >= 4 is 0 Å². The van der Waals surface area contributed by atoms with E-state index < -0.39 is 0 Å². The van der Waals surface area contributed by atoms with Crippen molar-refractivity contribution in [3.8, 4) is 5.69 Å². The van der Waals surface area contributed by atoms with E-state index in [4.69, 9.17) is 0 Å². The van der Waals surface area contributed by atoms with Crippen molar-refractivity contribution in [3.63, 3.8) is 0 Å². The summed E-state index contributed by atoms with van der Waals surface area (Å²) in [6.45, 7) is 1.95. The van der Waals surface area contributed by atoms with Gasteiger partial charge < -0.3 is 0 Å². The second kappa shape index (κ2) is 2.73. The summed E-state index contributed by atoms with van der Waals surface area (Å²) in [7, 11) is 0. The van der Waals surface area contributed by atoms with Crippen molar-refractivity contribution in [2.75, 3.05) is 0 Å². The molecule has 0 saturated carbocycles. The predicted octanol–water partition coefficient (Wildman–Crippen LogP) is 0.971. The lowest BCUT2D eigenvalue weighted by Gasteiger charge is -1.99. The third-order valence-electron chi connectivity index (χ3n) is 1.60. The molecule has 0 unspecified atom stereocenters. The van der Waals surface area contributed by atoms with E-state index in [-0.39, 0.29) is 0 Å². The van der Waals surface area contributed by atoms with Crippen molar-refractivity contribution in [3.05, 3.63) is 36.7 Å². The second-order valence-electron chi connectivity index (χ2n) is 2.52. The van der Waals surface area contributed by atoms with Crippen LogP contribution in [-0.2, 0) is 0 Å². The summed E-state index contributed by atoms with van der Waals surface area (Å²) in [5.41, 5.74) is 2.02. The summed E-state index contributed by atoms with van der Waals surface area (Å²) < 4.78 is 1.84. The minimum Gasteiger partial charge on any atom is -0.288 e. The summed E-state index contributed by atoms with van der Waals surface area (Å²) in [5, 5.41) is 7.44. The molecule has 4 heteroatoms. The highest BCUT2D eigenvalue weighted by Gasteiger charge is 1.94. The topological polar surface area (TPSA) is 43.6 Å². The van der Waals surface area contributed by atoms with Gasteiger partial charge in [0.15, 0.2) is 0 Å². The van der Waals surface area contributed by atoms with E-state index in [9.17, 15) is 0 Å². The highest BCUT2D eigenvalue weighted by molar-refractivity contribution is 5.30.